The molecule has 0 unspecified atom stereocenters. The molecule has 16 heavy (non-hydrogen) atoms. The Morgan fingerprint density at radius 1 is 1.50 bits per heavy atom. The average Bonchev–Trinajstić information content (AvgIpc) is 3.09. The molecule has 0 spiro atoms. The first-order valence-corrected chi connectivity index (χ1v) is 5.39. The molecule has 1 fully saturated rings. The van der Waals surface area contributed by atoms with Crippen LogP contribution in [0.25, 0.3) is 0 Å². The van der Waals surface area contributed by atoms with Gasteiger partial charge >= 0.3 is 0 Å². The Morgan fingerprint density at radius 3 is 3.00 bits per heavy atom. The number of allylic oxidation sites excluding steroid dienone is 1. The minimum Gasteiger partial charge on any atom is -0.387 e. The molecule has 2 rings (SSSR count). The van der Waals surface area contributed by atoms with E-state index in [1.54, 1.807) is 12.1 Å². The van der Waals surface area contributed by atoms with Gasteiger partial charge in [-0.3, -0.25) is 10.1 Å². The predicted molar refractivity (Wildman–Crippen MR) is 61.8 cm³/mol. The van der Waals surface area contributed by atoms with E-state index in [1.807, 2.05) is 12.3 Å². The van der Waals surface area contributed by atoms with Gasteiger partial charge in [-0.2, -0.15) is 0 Å². The van der Waals surface area contributed by atoms with Crippen LogP contribution in [-0.2, 0) is 6.54 Å². The molecule has 1 saturated carbocycles. The molecule has 0 heterocycles. The van der Waals surface area contributed by atoms with Crippen molar-refractivity contribution in [2.24, 2.45) is 5.92 Å². The molecule has 1 aliphatic carbocycles. The molecule has 0 bridgehead atoms. The zero-order valence-corrected chi connectivity index (χ0v) is 8.93. The van der Waals surface area contributed by atoms with Crippen LogP contribution in [0.2, 0.25) is 0 Å². The molecular formula is C12H14N2O2. The second-order valence-corrected chi connectivity index (χ2v) is 4.00. The number of nitrogens with zero attached hydrogens (tertiary/aromatic N) is 1. The van der Waals surface area contributed by atoms with Crippen LogP contribution >= 0.6 is 0 Å². The van der Waals surface area contributed by atoms with Crippen LogP contribution in [0.5, 0.6) is 0 Å². The fourth-order valence-electron chi connectivity index (χ4n) is 1.45. The fourth-order valence-corrected chi connectivity index (χ4v) is 1.45. The molecule has 0 atom stereocenters. The zero-order valence-electron chi connectivity index (χ0n) is 8.93. The maximum Gasteiger partial charge on any atom is 0.269 e. The van der Waals surface area contributed by atoms with E-state index in [0.29, 0.717) is 6.54 Å². The van der Waals surface area contributed by atoms with Gasteiger partial charge in [0.25, 0.3) is 5.69 Å². The second kappa shape index (κ2) is 4.79. The highest BCUT2D eigenvalue weighted by Gasteiger charge is 2.16. The van der Waals surface area contributed by atoms with Gasteiger partial charge in [-0.05, 0) is 30.5 Å². The molecule has 1 aromatic carbocycles. The molecule has 1 N–H and O–H groups in total. The molecular weight excluding hydrogens is 204 g/mol. The van der Waals surface area contributed by atoms with Crippen LogP contribution in [-0.4, -0.2) is 4.92 Å². The minimum absolute atomic E-state index is 0.144. The van der Waals surface area contributed by atoms with Crippen LogP contribution in [0.4, 0.5) is 5.69 Å². The monoisotopic (exact) mass is 218 g/mol. The van der Waals surface area contributed by atoms with Gasteiger partial charge in [-0.25, -0.2) is 0 Å². The molecule has 0 saturated heterocycles. The normalized spacial score (nSPS) is 15.2. The van der Waals surface area contributed by atoms with Gasteiger partial charge < -0.3 is 5.32 Å². The lowest BCUT2D eigenvalue weighted by Crippen LogP contribution is -2.04. The summed E-state index contributed by atoms with van der Waals surface area (Å²) in [6.07, 6.45) is 6.66. The maximum absolute atomic E-state index is 10.6. The Kier molecular flexibility index (Phi) is 3.19. The van der Waals surface area contributed by atoms with Gasteiger partial charge in [0.2, 0.25) is 0 Å². The SMILES string of the molecule is O=[N+]([O-])c1cccc(CN/C=C\C2CC2)c1. The maximum atomic E-state index is 10.6. The number of benzene rings is 1. The highest BCUT2D eigenvalue weighted by atomic mass is 16.6. The number of nitro groups is 1. The molecule has 4 nitrogen and oxygen atoms in total. The van der Waals surface area contributed by atoms with Crippen molar-refractivity contribution in [2.75, 3.05) is 0 Å². The summed E-state index contributed by atoms with van der Waals surface area (Å²) in [6, 6.07) is 6.69. The smallest absolute Gasteiger partial charge is 0.269 e. The minimum atomic E-state index is -0.371. The summed E-state index contributed by atoms with van der Waals surface area (Å²) in [7, 11) is 0. The quantitative estimate of drug-likeness (QED) is 0.610. The predicted octanol–water partition coefficient (Wildman–Crippen LogP) is 2.61. The van der Waals surface area contributed by atoms with Crippen molar-refractivity contribution < 1.29 is 4.92 Å². The Balaban J connectivity index is 1.87. The van der Waals surface area contributed by atoms with Crippen molar-refractivity contribution in [1.82, 2.24) is 5.32 Å². The topological polar surface area (TPSA) is 55.2 Å². The summed E-state index contributed by atoms with van der Waals surface area (Å²) in [4.78, 5) is 10.2. The fraction of sp³-hybridized carbons (Fsp3) is 0.333. The third-order valence-corrected chi connectivity index (χ3v) is 2.54. The van der Waals surface area contributed by atoms with Gasteiger partial charge in [0, 0.05) is 18.7 Å². The van der Waals surface area contributed by atoms with Crippen molar-refractivity contribution >= 4 is 5.69 Å². The van der Waals surface area contributed by atoms with Crippen LogP contribution in [0.3, 0.4) is 0 Å². The third-order valence-electron chi connectivity index (χ3n) is 2.54. The van der Waals surface area contributed by atoms with E-state index >= 15 is 0 Å². The largest absolute Gasteiger partial charge is 0.387 e. The van der Waals surface area contributed by atoms with Gasteiger partial charge in [-0.15, -0.1) is 0 Å². The molecule has 84 valence electrons. The van der Waals surface area contributed by atoms with E-state index in [0.717, 1.165) is 11.5 Å². The second-order valence-electron chi connectivity index (χ2n) is 4.00. The van der Waals surface area contributed by atoms with Crippen molar-refractivity contribution in [2.45, 2.75) is 19.4 Å². The van der Waals surface area contributed by atoms with Gasteiger partial charge in [0.15, 0.2) is 0 Å². The third kappa shape index (κ3) is 3.08. The summed E-state index contributed by atoms with van der Waals surface area (Å²) in [6.45, 7) is 0.630. The van der Waals surface area contributed by atoms with E-state index in [1.165, 1.54) is 18.9 Å². The number of hydrogen-bond acceptors (Lipinski definition) is 3. The van der Waals surface area contributed by atoms with Crippen molar-refractivity contribution in [3.63, 3.8) is 0 Å². The summed E-state index contributed by atoms with van der Waals surface area (Å²) >= 11 is 0. The standard InChI is InChI=1S/C12H14N2O2/c15-14(16)12-3-1-2-11(8-12)9-13-7-6-10-4-5-10/h1-3,6-8,10,13H,4-5,9H2/b7-6-. The first-order valence-electron chi connectivity index (χ1n) is 5.39. The van der Waals surface area contributed by atoms with Crippen molar-refractivity contribution in [3.05, 3.63) is 52.2 Å². The van der Waals surface area contributed by atoms with E-state index in [9.17, 15) is 10.1 Å². The van der Waals surface area contributed by atoms with Gasteiger partial charge in [0.05, 0.1) is 4.92 Å². The van der Waals surface area contributed by atoms with E-state index in [2.05, 4.69) is 11.4 Å². The lowest BCUT2D eigenvalue weighted by Gasteiger charge is -2.00. The Morgan fingerprint density at radius 2 is 2.31 bits per heavy atom. The number of nitrogens with one attached hydrogen (secondary N) is 1. The van der Waals surface area contributed by atoms with Crippen LogP contribution < -0.4 is 5.32 Å². The lowest BCUT2D eigenvalue weighted by atomic mass is 10.2. The molecule has 0 amide bonds. The van der Waals surface area contributed by atoms with Crippen molar-refractivity contribution in [1.29, 1.82) is 0 Å². The Hall–Kier alpha value is -1.84. The molecule has 0 radical (unpaired) electrons. The lowest BCUT2D eigenvalue weighted by molar-refractivity contribution is -0.384. The zero-order chi connectivity index (χ0) is 11.4. The molecule has 0 aromatic heterocycles. The van der Waals surface area contributed by atoms with Crippen LogP contribution in [0.15, 0.2) is 36.5 Å². The van der Waals surface area contributed by atoms with E-state index in [4.69, 9.17) is 0 Å². The Bertz CT molecular complexity index is 411. The summed E-state index contributed by atoms with van der Waals surface area (Å²) in [5, 5.41) is 13.7. The number of non-ortho nitro benzene ring substituents is 1. The van der Waals surface area contributed by atoms with E-state index < -0.39 is 0 Å². The van der Waals surface area contributed by atoms with Crippen molar-refractivity contribution in [3.8, 4) is 0 Å². The molecule has 1 aliphatic rings. The number of nitro benzene ring substituents is 1. The number of hydrogen-bond donors (Lipinski definition) is 1. The van der Waals surface area contributed by atoms with E-state index in [-0.39, 0.29) is 10.6 Å². The average molecular weight is 218 g/mol. The highest BCUT2D eigenvalue weighted by molar-refractivity contribution is 5.34. The first-order chi connectivity index (χ1) is 7.75. The molecule has 0 aliphatic heterocycles. The van der Waals surface area contributed by atoms with Gasteiger partial charge in [-0.1, -0.05) is 18.2 Å². The molecule has 1 aromatic rings. The number of rotatable bonds is 5. The van der Waals surface area contributed by atoms with Crippen LogP contribution in [0, 0.1) is 16.0 Å². The first kappa shape index (κ1) is 10.7. The molecule has 4 heteroatoms. The Labute approximate surface area is 94.1 Å². The van der Waals surface area contributed by atoms with Crippen LogP contribution in [0.1, 0.15) is 18.4 Å². The summed E-state index contributed by atoms with van der Waals surface area (Å²) in [5.41, 5.74) is 1.07. The summed E-state index contributed by atoms with van der Waals surface area (Å²) in [5.74, 6) is 0.748. The summed E-state index contributed by atoms with van der Waals surface area (Å²) < 4.78 is 0. The van der Waals surface area contributed by atoms with Gasteiger partial charge in [0.1, 0.15) is 0 Å². The highest BCUT2D eigenvalue weighted by Crippen LogP contribution is 2.29.